The molecule has 0 aliphatic heterocycles. The zero-order valence-corrected chi connectivity index (χ0v) is 9.60. The van der Waals surface area contributed by atoms with E-state index in [2.05, 4.69) is 20.9 Å². The predicted molar refractivity (Wildman–Crippen MR) is 58.9 cm³/mol. The lowest BCUT2D eigenvalue weighted by Crippen LogP contribution is -2.07. The molecule has 0 radical (unpaired) electrons. The van der Waals surface area contributed by atoms with E-state index in [1.807, 2.05) is 6.07 Å². The molecule has 0 bridgehead atoms. The Morgan fingerprint density at radius 3 is 3.00 bits per heavy atom. The molecule has 0 saturated carbocycles. The normalized spacial score (nSPS) is 12.9. The zero-order chi connectivity index (χ0) is 11.0. The maximum Gasteiger partial charge on any atom is 0.310 e. The largest absolute Gasteiger partial charge is 0.481 e. The highest BCUT2D eigenvalue weighted by molar-refractivity contribution is 9.10. The van der Waals surface area contributed by atoms with Crippen molar-refractivity contribution in [1.29, 1.82) is 0 Å². The molecule has 0 spiro atoms. The quantitative estimate of drug-likeness (QED) is 0.909. The predicted octanol–water partition coefficient (Wildman–Crippen LogP) is 2.28. The smallest absolute Gasteiger partial charge is 0.310 e. The second kappa shape index (κ2) is 3.66. The van der Waals surface area contributed by atoms with E-state index in [1.165, 1.54) is 0 Å². The first-order valence-electron chi connectivity index (χ1n) is 4.44. The Kier molecular flexibility index (Phi) is 2.48. The van der Waals surface area contributed by atoms with Gasteiger partial charge in [-0.15, -0.1) is 0 Å². The van der Waals surface area contributed by atoms with Crippen LogP contribution in [0.1, 0.15) is 18.4 Å². The Balaban J connectivity index is 2.52. The number of halogens is 1. The van der Waals surface area contributed by atoms with Gasteiger partial charge in [0.25, 0.3) is 0 Å². The Bertz CT molecular complexity index is 521. The molecule has 2 rings (SSSR count). The summed E-state index contributed by atoms with van der Waals surface area (Å²) in [6.45, 7) is 1.66. The van der Waals surface area contributed by atoms with Gasteiger partial charge in [0.1, 0.15) is 10.9 Å². The SMILES string of the molecule is CC(C(=O)O)c1ccc2c(Br)ncn2c1. The summed E-state index contributed by atoms with van der Waals surface area (Å²) in [5, 5.41) is 8.88. The third kappa shape index (κ3) is 1.74. The van der Waals surface area contributed by atoms with E-state index >= 15 is 0 Å². The molecule has 2 aromatic rings. The number of aliphatic carboxylic acids is 1. The summed E-state index contributed by atoms with van der Waals surface area (Å²) in [5.41, 5.74) is 1.69. The Hall–Kier alpha value is -1.36. The summed E-state index contributed by atoms with van der Waals surface area (Å²) < 4.78 is 2.57. The van der Waals surface area contributed by atoms with Gasteiger partial charge in [0, 0.05) is 6.20 Å². The molecule has 1 unspecified atom stereocenters. The molecule has 0 amide bonds. The summed E-state index contributed by atoms with van der Waals surface area (Å²) in [5.74, 6) is -1.33. The van der Waals surface area contributed by atoms with Gasteiger partial charge in [-0.2, -0.15) is 0 Å². The van der Waals surface area contributed by atoms with E-state index in [-0.39, 0.29) is 0 Å². The molecule has 15 heavy (non-hydrogen) atoms. The molecule has 4 nitrogen and oxygen atoms in total. The van der Waals surface area contributed by atoms with Gasteiger partial charge in [-0.1, -0.05) is 6.07 Å². The fourth-order valence-electron chi connectivity index (χ4n) is 1.38. The number of carboxylic acids is 1. The van der Waals surface area contributed by atoms with Crippen molar-refractivity contribution in [2.75, 3.05) is 0 Å². The number of nitrogens with zero attached hydrogens (tertiary/aromatic N) is 2. The molecule has 2 aromatic heterocycles. The molecular weight excluding hydrogens is 260 g/mol. The monoisotopic (exact) mass is 268 g/mol. The Morgan fingerprint density at radius 1 is 1.60 bits per heavy atom. The molecule has 0 aliphatic carbocycles. The lowest BCUT2D eigenvalue weighted by molar-refractivity contribution is -0.138. The highest BCUT2D eigenvalue weighted by Crippen LogP contribution is 2.20. The summed E-state index contributed by atoms with van der Waals surface area (Å²) in [4.78, 5) is 14.9. The van der Waals surface area contributed by atoms with Crippen molar-refractivity contribution in [2.45, 2.75) is 12.8 Å². The first-order valence-corrected chi connectivity index (χ1v) is 5.24. The summed E-state index contributed by atoms with van der Waals surface area (Å²) in [6.07, 6.45) is 3.43. The van der Waals surface area contributed by atoms with Crippen LogP contribution >= 0.6 is 15.9 Å². The fourth-order valence-corrected chi connectivity index (χ4v) is 1.81. The van der Waals surface area contributed by atoms with E-state index in [1.54, 1.807) is 29.9 Å². The van der Waals surface area contributed by atoms with E-state index in [0.717, 1.165) is 15.7 Å². The first-order chi connectivity index (χ1) is 7.09. The van der Waals surface area contributed by atoms with Crippen LogP contribution in [0.5, 0.6) is 0 Å². The van der Waals surface area contributed by atoms with Crippen molar-refractivity contribution in [3.63, 3.8) is 0 Å². The van der Waals surface area contributed by atoms with Crippen molar-refractivity contribution in [3.05, 3.63) is 34.8 Å². The van der Waals surface area contributed by atoms with Crippen LogP contribution in [0.3, 0.4) is 0 Å². The first kappa shape index (κ1) is 10.2. The number of fused-ring (bicyclic) bond motifs is 1. The number of carbonyl (C=O) groups is 1. The topological polar surface area (TPSA) is 54.6 Å². The van der Waals surface area contributed by atoms with Gasteiger partial charge in [-0.05, 0) is 34.5 Å². The van der Waals surface area contributed by atoms with Crippen LogP contribution in [0.15, 0.2) is 29.3 Å². The number of hydrogen-bond acceptors (Lipinski definition) is 2. The number of rotatable bonds is 2. The highest BCUT2D eigenvalue weighted by atomic mass is 79.9. The number of aromatic nitrogens is 2. The summed E-state index contributed by atoms with van der Waals surface area (Å²) in [6, 6.07) is 3.66. The molecule has 1 N–H and O–H groups in total. The standard InChI is InChI=1S/C10H9BrN2O2/c1-6(10(14)15)7-2-3-8-9(11)12-5-13(8)4-7/h2-6H,1H3,(H,14,15). The second-order valence-corrected chi connectivity index (χ2v) is 4.10. The van der Waals surface area contributed by atoms with E-state index < -0.39 is 11.9 Å². The molecule has 0 aliphatic rings. The van der Waals surface area contributed by atoms with Crippen LogP contribution < -0.4 is 0 Å². The van der Waals surface area contributed by atoms with Crippen LogP contribution in [-0.2, 0) is 4.79 Å². The minimum absolute atomic E-state index is 0.504. The van der Waals surface area contributed by atoms with Crippen LogP contribution in [0.2, 0.25) is 0 Å². The molecule has 0 fully saturated rings. The molecule has 0 aromatic carbocycles. The lowest BCUT2D eigenvalue weighted by Gasteiger charge is -2.06. The van der Waals surface area contributed by atoms with Gasteiger partial charge in [-0.25, -0.2) is 4.98 Å². The average molecular weight is 269 g/mol. The highest BCUT2D eigenvalue weighted by Gasteiger charge is 2.14. The van der Waals surface area contributed by atoms with Gasteiger partial charge < -0.3 is 9.51 Å². The molecular formula is C10H9BrN2O2. The van der Waals surface area contributed by atoms with Gasteiger partial charge in [0.05, 0.1) is 11.4 Å². The maximum absolute atomic E-state index is 10.8. The minimum Gasteiger partial charge on any atom is -0.481 e. The third-order valence-electron chi connectivity index (χ3n) is 2.38. The van der Waals surface area contributed by atoms with E-state index in [9.17, 15) is 4.79 Å². The molecule has 5 heteroatoms. The van der Waals surface area contributed by atoms with Crippen molar-refractivity contribution >= 4 is 27.4 Å². The van der Waals surface area contributed by atoms with Crippen LogP contribution in [0.25, 0.3) is 5.52 Å². The van der Waals surface area contributed by atoms with Gasteiger partial charge in [-0.3, -0.25) is 4.79 Å². The number of pyridine rings is 1. The Labute approximate surface area is 94.7 Å². The van der Waals surface area contributed by atoms with Crippen molar-refractivity contribution in [2.24, 2.45) is 0 Å². The van der Waals surface area contributed by atoms with Crippen molar-refractivity contribution in [3.8, 4) is 0 Å². The van der Waals surface area contributed by atoms with Crippen molar-refractivity contribution < 1.29 is 9.90 Å². The average Bonchev–Trinajstić information content (AvgIpc) is 2.59. The summed E-state index contributed by atoms with van der Waals surface area (Å²) >= 11 is 3.31. The number of carboxylic acid groups (broad SMARTS) is 1. The van der Waals surface area contributed by atoms with E-state index in [4.69, 9.17) is 5.11 Å². The number of hydrogen-bond donors (Lipinski definition) is 1. The van der Waals surface area contributed by atoms with Crippen LogP contribution in [-0.4, -0.2) is 20.5 Å². The minimum atomic E-state index is -0.825. The van der Waals surface area contributed by atoms with Crippen LogP contribution in [0.4, 0.5) is 0 Å². The fraction of sp³-hybridized carbons (Fsp3) is 0.200. The zero-order valence-electron chi connectivity index (χ0n) is 8.01. The van der Waals surface area contributed by atoms with E-state index in [0.29, 0.717) is 0 Å². The lowest BCUT2D eigenvalue weighted by atomic mass is 10.0. The molecule has 1 atom stereocenters. The molecule has 2 heterocycles. The molecule has 0 saturated heterocycles. The van der Waals surface area contributed by atoms with Crippen LogP contribution in [0, 0.1) is 0 Å². The number of imidazole rings is 1. The maximum atomic E-state index is 10.8. The third-order valence-corrected chi connectivity index (χ3v) is 2.99. The molecule has 78 valence electrons. The van der Waals surface area contributed by atoms with Gasteiger partial charge in [0.2, 0.25) is 0 Å². The summed E-state index contributed by atoms with van der Waals surface area (Å²) in [7, 11) is 0. The van der Waals surface area contributed by atoms with Crippen molar-refractivity contribution in [1.82, 2.24) is 9.38 Å². The van der Waals surface area contributed by atoms with Gasteiger partial charge >= 0.3 is 5.97 Å². The second-order valence-electron chi connectivity index (χ2n) is 3.35. The van der Waals surface area contributed by atoms with Gasteiger partial charge in [0.15, 0.2) is 0 Å². The Morgan fingerprint density at radius 2 is 2.33 bits per heavy atom.